The summed E-state index contributed by atoms with van der Waals surface area (Å²) < 4.78 is 0. The summed E-state index contributed by atoms with van der Waals surface area (Å²) in [4.78, 5) is 14.3. The first kappa shape index (κ1) is 14.4. The molecule has 0 atom stereocenters. The molecule has 1 saturated heterocycles. The first-order chi connectivity index (χ1) is 9.06. The van der Waals surface area contributed by atoms with Crippen molar-refractivity contribution in [2.24, 2.45) is 0 Å². The minimum Gasteiger partial charge on any atom is -0.325 e. The van der Waals surface area contributed by atoms with Crippen molar-refractivity contribution in [2.75, 3.05) is 25.0 Å². The maximum absolute atomic E-state index is 12.0. The summed E-state index contributed by atoms with van der Waals surface area (Å²) in [7, 11) is 0. The molecule has 3 nitrogen and oxygen atoms in total. The normalized spacial score (nSPS) is 15.7. The van der Waals surface area contributed by atoms with E-state index in [0.29, 0.717) is 11.4 Å². The van der Waals surface area contributed by atoms with Gasteiger partial charge in [0, 0.05) is 13.0 Å². The van der Waals surface area contributed by atoms with Crippen molar-refractivity contribution in [3.63, 3.8) is 0 Å². The molecule has 1 aromatic rings. The highest BCUT2D eigenvalue weighted by Crippen LogP contribution is 2.27. The Kier molecular flexibility index (Phi) is 4.83. The van der Waals surface area contributed by atoms with Crippen molar-refractivity contribution < 1.29 is 4.79 Å². The predicted molar refractivity (Wildman–Crippen MR) is 79.8 cm³/mol. The maximum Gasteiger partial charge on any atom is 0.225 e. The zero-order valence-electron chi connectivity index (χ0n) is 11.6. The number of benzene rings is 1. The van der Waals surface area contributed by atoms with E-state index in [1.165, 1.54) is 12.8 Å². The van der Waals surface area contributed by atoms with Crippen LogP contribution in [0.1, 0.15) is 30.4 Å². The Labute approximate surface area is 119 Å². The molecular formula is C15H21ClN2O. The number of nitrogens with zero attached hydrogens (tertiary/aromatic N) is 1. The van der Waals surface area contributed by atoms with E-state index in [1.807, 2.05) is 26.0 Å². The second-order valence-corrected chi connectivity index (χ2v) is 5.69. The summed E-state index contributed by atoms with van der Waals surface area (Å²) in [5.41, 5.74) is 2.87. The van der Waals surface area contributed by atoms with Crippen LogP contribution in [0.4, 0.5) is 5.69 Å². The number of aryl methyl sites for hydroxylation is 2. The molecule has 104 valence electrons. The molecule has 1 heterocycles. The number of hydrogen-bond acceptors (Lipinski definition) is 2. The Morgan fingerprint density at radius 3 is 2.63 bits per heavy atom. The van der Waals surface area contributed by atoms with Crippen LogP contribution in [0.25, 0.3) is 0 Å². The zero-order chi connectivity index (χ0) is 13.8. The summed E-state index contributed by atoms with van der Waals surface area (Å²) in [6, 6.07) is 3.91. The van der Waals surface area contributed by atoms with Gasteiger partial charge in [0.15, 0.2) is 0 Å². The van der Waals surface area contributed by atoms with Gasteiger partial charge in [0.05, 0.1) is 10.7 Å². The van der Waals surface area contributed by atoms with Gasteiger partial charge in [0.2, 0.25) is 5.91 Å². The van der Waals surface area contributed by atoms with Gasteiger partial charge in [-0.3, -0.25) is 4.79 Å². The Morgan fingerprint density at radius 1 is 1.32 bits per heavy atom. The van der Waals surface area contributed by atoms with Gasteiger partial charge in [0.25, 0.3) is 0 Å². The number of likely N-dealkylation sites (tertiary alicyclic amines) is 1. The molecule has 0 unspecified atom stereocenters. The van der Waals surface area contributed by atoms with Crippen LogP contribution in [0.15, 0.2) is 12.1 Å². The van der Waals surface area contributed by atoms with Crippen molar-refractivity contribution in [3.05, 3.63) is 28.3 Å². The molecule has 0 spiro atoms. The van der Waals surface area contributed by atoms with Crippen molar-refractivity contribution >= 4 is 23.2 Å². The number of nitrogens with one attached hydrogen (secondary N) is 1. The fourth-order valence-corrected chi connectivity index (χ4v) is 2.91. The van der Waals surface area contributed by atoms with E-state index in [1.54, 1.807) is 0 Å². The predicted octanol–water partition coefficient (Wildman–Crippen LogP) is 3.38. The van der Waals surface area contributed by atoms with Crippen molar-refractivity contribution in [3.8, 4) is 0 Å². The van der Waals surface area contributed by atoms with E-state index in [2.05, 4.69) is 10.2 Å². The smallest absolute Gasteiger partial charge is 0.225 e. The third-order valence-corrected chi connectivity index (χ3v) is 3.85. The molecule has 1 fully saturated rings. The van der Waals surface area contributed by atoms with Gasteiger partial charge in [-0.25, -0.2) is 0 Å². The summed E-state index contributed by atoms with van der Waals surface area (Å²) in [6.45, 7) is 7.05. The molecule has 4 heteroatoms. The van der Waals surface area contributed by atoms with Crippen LogP contribution in [-0.2, 0) is 4.79 Å². The second-order valence-electron chi connectivity index (χ2n) is 5.29. The minimum absolute atomic E-state index is 0.0424. The van der Waals surface area contributed by atoms with Crippen LogP contribution in [0.3, 0.4) is 0 Å². The van der Waals surface area contributed by atoms with E-state index in [-0.39, 0.29) is 5.91 Å². The van der Waals surface area contributed by atoms with Crippen LogP contribution in [0, 0.1) is 13.8 Å². The van der Waals surface area contributed by atoms with E-state index in [4.69, 9.17) is 11.6 Å². The Morgan fingerprint density at radius 2 is 2.00 bits per heavy atom. The number of halogens is 1. The van der Waals surface area contributed by atoms with Crippen LogP contribution < -0.4 is 5.32 Å². The third kappa shape index (κ3) is 3.95. The molecule has 1 aromatic carbocycles. The standard InChI is InChI=1S/C15H21ClN2O/c1-11-9-12(2)15(13(16)10-11)17-14(19)5-8-18-6-3-4-7-18/h9-10H,3-8H2,1-2H3,(H,17,19). The van der Waals surface area contributed by atoms with Gasteiger partial charge in [-0.1, -0.05) is 17.7 Å². The fraction of sp³-hybridized carbons (Fsp3) is 0.533. The number of hydrogen-bond donors (Lipinski definition) is 1. The van der Waals surface area contributed by atoms with E-state index in [9.17, 15) is 4.79 Å². The molecule has 0 saturated carbocycles. The lowest BCUT2D eigenvalue weighted by molar-refractivity contribution is -0.116. The zero-order valence-corrected chi connectivity index (χ0v) is 12.4. The number of rotatable bonds is 4. The monoisotopic (exact) mass is 280 g/mol. The van der Waals surface area contributed by atoms with Crippen molar-refractivity contribution in [1.82, 2.24) is 4.90 Å². The van der Waals surface area contributed by atoms with Gasteiger partial charge < -0.3 is 10.2 Å². The van der Waals surface area contributed by atoms with Gasteiger partial charge >= 0.3 is 0 Å². The van der Waals surface area contributed by atoms with Crippen LogP contribution >= 0.6 is 11.6 Å². The number of amides is 1. The van der Waals surface area contributed by atoms with Crippen LogP contribution in [0.5, 0.6) is 0 Å². The van der Waals surface area contributed by atoms with Crippen LogP contribution in [-0.4, -0.2) is 30.4 Å². The number of carbonyl (C=O) groups is 1. The lowest BCUT2D eigenvalue weighted by atomic mass is 10.1. The van der Waals surface area contributed by atoms with E-state index >= 15 is 0 Å². The molecule has 0 aromatic heterocycles. The van der Waals surface area contributed by atoms with Crippen molar-refractivity contribution in [2.45, 2.75) is 33.1 Å². The van der Waals surface area contributed by atoms with E-state index in [0.717, 1.165) is 36.4 Å². The largest absolute Gasteiger partial charge is 0.325 e. The molecule has 1 aliphatic rings. The second kappa shape index (κ2) is 6.40. The maximum atomic E-state index is 12.0. The SMILES string of the molecule is Cc1cc(C)c(NC(=O)CCN2CCCC2)c(Cl)c1. The molecule has 0 radical (unpaired) electrons. The molecule has 1 N–H and O–H groups in total. The van der Waals surface area contributed by atoms with E-state index < -0.39 is 0 Å². The topological polar surface area (TPSA) is 32.3 Å². The highest BCUT2D eigenvalue weighted by molar-refractivity contribution is 6.34. The first-order valence-electron chi connectivity index (χ1n) is 6.85. The van der Waals surface area contributed by atoms with Crippen molar-refractivity contribution in [1.29, 1.82) is 0 Å². The lowest BCUT2D eigenvalue weighted by Gasteiger charge is -2.15. The summed E-state index contributed by atoms with van der Waals surface area (Å²) in [6.07, 6.45) is 3.04. The molecule has 0 aliphatic carbocycles. The molecule has 2 rings (SSSR count). The third-order valence-electron chi connectivity index (χ3n) is 3.55. The summed E-state index contributed by atoms with van der Waals surface area (Å²) in [5, 5.41) is 3.55. The number of anilines is 1. The van der Waals surface area contributed by atoms with Gasteiger partial charge in [0.1, 0.15) is 0 Å². The van der Waals surface area contributed by atoms with Gasteiger partial charge in [-0.15, -0.1) is 0 Å². The highest BCUT2D eigenvalue weighted by atomic mass is 35.5. The Bertz CT molecular complexity index is 444. The quantitative estimate of drug-likeness (QED) is 0.917. The van der Waals surface area contributed by atoms with Crippen LogP contribution in [0.2, 0.25) is 5.02 Å². The Balaban J connectivity index is 1.91. The van der Waals surface area contributed by atoms with Gasteiger partial charge in [-0.05, 0) is 57.0 Å². The molecular weight excluding hydrogens is 260 g/mol. The molecule has 1 aliphatic heterocycles. The highest BCUT2D eigenvalue weighted by Gasteiger charge is 2.14. The fourth-order valence-electron chi connectivity index (χ4n) is 2.54. The lowest BCUT2D eigenvalue weighted by Crippen LogP contribution is -2.25. The molecule has 19 heavy (non-hydrogen) atoms. The average molecular weight is 281 g/mol. The molecule has 0 bridgehead atoms. The minimum atomic E-state index is 0.0424. The summed E-state index contributed by atoms with van der Waals surface area (Å²) in [5.74, 6) is 0.0424. The first-order valence-corrected chi connectivity index (χ1v) is 7.23. The van der Waals surface area contributed by atoms with Gasteiger partial charge in [-0.2, -0.15) is 0 Å². The number of carbonyl (C=O) groups excluding carboxylic acids is 1. The average Bonchev–Trinajstić information content (AvgIpc) is 2.84. The Hall–Kier alpha value is -1.06. The molecule has 1 amide bonds. The summed E-state index contributed by atoms with van der Waals surface area (Å²) >= 11 is 6.18.